The molecule has 0 spiro atoms. The molecule has 0 aliphatic carbocycles. The molecule has 0 aromatic heterocycles. The monoisotopic (exact) mass is 274 g/mol. The molecule has 0 fully saturated rings. The fraction of sp³-hybridized carbons (Fsp3) is 0.188. The second-order valence-electron chi connectivity index (χ2n) is 4.35. The van der Waals surface area contributed by atoms with Crippen LogP contribution in [0.15, 0.2) is 48.5 Å². The van der Waals surface area contributed by atoms with Crippen LogP contribution in [0.25, 0.3) is 0 Å². The summed E-state index contributed by atoms with van der Waals surface area (Å²) in [5, 5.41) is 0.652. The smallest absolute Gasteiger partial charge is 0.127 e. The van der Waals surface area contributed by atoms with Gasteiger partial charge >= 0.3 is 0 Å². The second-order valence-corrected chi connectivity index (χ2v) is 4.79. The molecule has 0 saturated heterocycles. The zero-order chi connectivity index (χ0) is 13.7. The van der Waals surface area contributed by atoms with E-state index in [0.29, 0.717) is 11.4 Å². The molecule has 0 saturated carbocycles. The maximum Gasteiger partial charge on any atom is 0.127 e. The van der Waals surface area contributed by atoms with Crippen molar-refractivity contribution in [2.75, 3.05) is 7.11 Å². The summed E-state index contributed by atoms with van der Waals surface area (Å²) in [5.41, 5.74) is 2.04. The highest BCUT2D eigenvalue weighted by molar-refractivity contribution is 6.30. The van der Waals surface area contributed by atoms with Gasteiger partial charge in [-0.25, -0.2) is 0 Å². The summed E-state index contributed by atoms with van der Waals surface area (Å²) in [5.74, 6) is 0.640. The fourth-order valence-corrected chi connectivity index (χ4v) is 2.20. The van der Waals surface area contributed by atoms with Crippen molar-refractivity contribution in [1.82, 2.24) is 0 Å². The Kier molecular flexibility index (Phi) is 4.58. The SMILES string of the molecule is COc1ccc(CC(C=O)c2cccc(Cl)c2)cc1. The first kappa shape index (κ1) is 13.6. The van der Waals surface area contributed by atoms with Crippen LogP contribution in [0.4, 0.5) is 0 Å². The van der Waals surface area contributed by atoms with Crippen LogP contribution in [0, 0.1) is 0 Å². The molecule has 0 radical (unpaired) electrons. The van der Waals surface area contributed by atoms with Gasteiger partial charge in [0.05, 0.1) is 7.11 Å². The summed E-state index contributed by atoms with van der Waals surface area (Å²) < 4.78 is 5.11. The Morgan fingerprint density at radius 1 is 1.21 bits per heavy atom. The maximum atomic E-state index is 11.3. The van der Waals surface area contributed by atoms with Crippen molar-refractivity contribution in [3.05, 3.63) is 64.7 Å². The van der Waals surface area contributed by atoms with E-state index in [0.717, 1.165) is 23.2 Å². The Bertz CT molecular complexity index is 549. The largest absolute Gasteiger partial charge is 0.497 e. The van der Waals surface area contributed by atoms with Crippen LogP contribution in [0.5, 0.6) is 5.75 Å². The third kappa shape index (κ3) is 3.58. The van der Waals surface area contributed by atoms with E-state index in [2.05, 4.69) is 0 Å². The molecular formula is C16H15ClO2. The molecular weight excluding hydrogens is 260 g/mol. The predicted molar refractivity (Wildman–Crippen MR) is 77.0 cm³/mol. The molecule has 2 nitrogen and oxygen atoms in total. The lowest BCUT2D eigenvalue weighted by molar-refractivity contribution is -0.109. The molecule has 1 atom stereocenters. The van der Waals surface area contributed by atoms with E-state index >= 15 is 0 Å². The highest BCUT2D eigenvalue weighted by atomic mass is 35.5. The number of carbonyl (C=O) groups is 1. The number of benzene rings is 2. The van der Waals surface area contributed by atoms with Crippen molar-refractivity contribution in [2.24, 2.45) is 0 Å². The van der Waals surface area contributed by atoms with Gasteiger partial charge in [-0.2, -0.15) is 0 Å². The Balaban J connectivity index is 2.16. The van der Waals surface area contributed by atoms with E-state index < -0.39 is 0 Å². The number of halogens is 1. The van der Waals surface area contributed by atoms with Gasteiger partial charge in [0.1, 0.15) is 12.0 Å². The zero-order valence-electron chi connectivity index (χ0n) is 10.7. The van der Waals surface area contributed by atoms with Crippen molar-refractivity contribution in [1.29, 1.82) is 0 Å². The lowest BCUT2D eigenvalue weighted by Crippen LogP contribution is -2.04. The molecule has 2 aromatic carbocycles. The predicted octanol–water partition coefficient (Wildman–Crippen LogP) is 3.87. The van der Waals surface area contributed by atoms with Crippen molar-refractivity contribution in [3.63, 3.8) is 0 Å². The molecule has 2 aromatic rings. The molecule has 19 heavy (non-hydrogen) atoms. The Morgan fingerprint density at radius 2 is 1.95 bits per heavy atom. The minimum atomic E-state index is -0.174. The van der Waals surface area contributed by atoms with Crippen molar-refractivity contribution >= 4 is 17.9 Å². The molecule has 0 N–H and O–H groups in total. The summed E-state index contributed by atoms with van der Waals surface area (Å²) in [7, 11) is 1.63. The third-order valence-electron chi connectivity index (χ3n) is 3.06. The molecule has 98 valence electrons. The molecule has 1 unspecified atom stereocenters. The Labute approximate surface area is 118 Å². The maximum absolute atomic E-state index is 11.3. The average Bonchev–Trinajstić information content (AvgIpc) is 2.45. The van der Waals surface area contributed by atoms with E-state index in [1.54, 1.807) is 13.2 Å². The van der Waals surface area contributed by atoms with Gasteiger partial charge in [-0.05, 0) is 41.8 Å². The first-order valence-electron chi connectivity index (χ1n) is 6.06. The van der Waals surface area contributed by atoms with Gasteiger partial charge in [0, 0.05) is 10.9 Å². The molecule has 0 aliphatic rings. The first-order valence-corrected chi connectivity index (χ1v) is 6.44. The molecule has 3 heteroatoms. The van der Waals surface area contributed by atoms with Crippen LogP contribution in [0.3, 0.4) is 0 Å². The highest BCUT2D eigenvalue weighted by Crippen LogP contribution is 2.23. The van der Waals surface area contributed by atoms with Crippen LogP contribution >= 0.6 is 11.6 Å². The number of rotatable bonds is 5. The van der Waals surface area contributed by atoms with E-state index in [-0.39, 0.29) is 5.92 Å². The van der Waals surface area contributed by atoms with Crippen LogP contribution in [-0.4, -0.2) is 13.4 Å². The van der Waals surface area contributed by atoms with Crippen LogP contribution < -0.4 is 4.74 Å². The Morgan fingerprint density at radius 3 is 2.53 bits per heavy atom. The number of carbonyl (C=O) groups excluding carboxylic acids is 1. The molecule has 0 heterocycles. The van der Waals surface area contributed by atoms with Gasteiger partial charge in [0.2, 0.25) is 0 Å². The quantitative estimate of drug-likeness (QED) is 0.774. The van der Waals surface area contributed by atoms with Crippen molar-refractivity contribution < 1.29 is 9.53 Å². The van der Waals surface area contributed by atoms with Crippen LogP contribution in [0.2, 0.25) is 5.02 Å². The zero-order valence-corrected chi connectivity index (χ0v) is 11.4. The topological polar surface area (TPSA) is 26.3 Å². The lowest BCUT2D eigenvalue weighted by atomic mass is 9.93. The van der Waals surface area contributed by atoms with Gasteiger partial charge in [-0.15, -0.1) is 0 Å². The van der Waals surface area contributed by atoms with Gasteiger partial charge in [-0.3, -0.25) is 0 Å². The summed E-state index contributed by atoms with van der Waals surface area (Å²) in [4.78, 5) is 11.3. The molecule has 2 rings (SSSR count). The van der Waals surface area contributed by atoms with Gasteiger partial charge in [0.25, 0.3) is 0 Å². The van der Waals surface area contributed by atoms with Crippen LogP contribution in [-0.2, 0) is 11.2 Å². The third-order valence-corrected chi connectivity index (χ3v) is 3.29. The number of ether oxygens (including phenoxy) is 1. The number of hydrogen-bond acceptors (Lipinski definition) is 2. The van der Waals surface area contributed by atoms with Gasteiger partial charge in [0.15, 0.2) is 0 Å². The first-order chi connectivity index (χ1) is 9.22. The minimum Gasteiger partial charge on any atom is -0.497 e. The average molecular weight is 275 g/mol. The molecule has 0 bridgehead atoms. The standard InChI is InChI=1S/C16H15ClO2/c1-19-16-7-5-12(6-8-16)9-14(11-18)13-3-2-4-15(17)10-13/h2-8,10-11,14H,9H2,1H3. The van der Waals surface area contributed by atoms with Crippen LogP contribution in [0.1, 0.15) is 17.0 Å². The van der Waals surface area contributed by atoms with E-state index in [9.17, 15) is 4.79 Å². The number of hydrogen-bond donors (Lipinski definition) is 0. The van der Waals surface area contributed by atoms with E-state index in [4.69, 9.17) is 16.3 Å². The molecule has 0 amide bonds. The summed E-state index contributed by atoms with van der Waals surface area (Å²) >= 11 is 5.96. The normalized spacial score (nSPS) is 11.9. The minimum absolute atomic E-state index is 0.174. The second kappa shape index (κ2) is 6.39. The summed E-state index contributed by atoms with van der Waals surface area (Å²) in [6.07, 6.45) is 1.63. The van der Waals surface area contributed by atoms with Crippen molar-refractivity contribution in [2.45, 2.75) is 12.3 Å². The fourth-order valence-electron chi connectivity index (χ4n) is 2.00. The lowest BCUT2D eigenvalue weighted by Gasteiger charge is -2.11. The van der Waals surface area contributed by atoms with Gasteiger partial charge < -0.3 is 9.53 Å². The highest BCUT2D eigenvalue weighted by Gasteiger charge is 2.11. The number of methoxy groups -OCH3 is 1. The Hall–Kier alpha value is -1.80. The molecule has 0 aliphatic heterocycles. The van der Waals surface area contributed by atoms with E-state index in [1.807, 2.05) is 42.5 Å². The summed E-state index contributed by atoms with van der Waals surface area (Å²) in [6, 6.07) is 15.2. The van der Waals surface area contributed by atoms with Crippen molar-refractivity contribution in [3.8, 4) is 5.75 Å². The summed E-state index contributed by atoms with van der Waals surface area (Å²) in [6.45, 7) is 0. The van der Waals surface area contributed by atoms with E-state index in [1.165, 1.54) is 0 Å². The van der Waals surface area contributed by atoms with Gasteiger partial charge in [-0.1, -0.05) is 35.9 Å². The number of aldehydes is 1.